The first-order valence-corrected chi connectivity index (χ1v) is 16.2. The molecule has 0 saturated heterocycles. The van der Waals surface area contributed by atoms with E-state index in [0.29, 0.717) is 23.3 Å². The first-order chi connectivity index (χ1) is 17.7. The number of halogens is 2. The number of benzene rings is 1. The largest absolute Gasteiger partial charge is 0.462 e. The Balaban J connectivity index is 2.19. The lowest BCUT2D eigenvalue weighted by Crippen LogP contribution is -2.42. The molecule has 3 rings (SSSR count). The highest BCUT2D eigenvalue weighted by Gasteiger charge is 2.38. The summed E-state index contributed by atoms with van der Waals surface area (Å²) in [5.74, 6) is -1.06. The molecule has 9 heteroatoms. The van der Waals surface area contributed by atoms with Gasteiger partial charge in [0.05, 0.1) is 29.8 Å². The fourth-order valence-electron chi connectivity index (χ4n) is 4.00. The molecular formula is C29H38ClFN2O4Si. The number of nitrogens with zero attached hydrogens (tertiary/aromatic N) is 2. The summed E-state index contributed by atoms with van der Waals surface area (Å²) < 4.78 is 28.3. The molecule has 0 aliphatic rings. The lowest BCUT2D eigenvalue weighted by Gasteiger charge is -2.38. The zero-order chi connectivity index (χ0) is 28.4. The van der Waals surface area contributed by atoms with E-state index in [9.17, 15) is 14.0 Å². The van der Waals surface area contributed by atoms with Crippen molar-refractivity contribution in [2.24, 2.45) is 5.92 Å². The quantitative estimate of drug-likeness (QED) is 0.205. The van der Waals surface area contributed by atoms with Crippen molar-refractivity contribution in [3.8, 4) is 0 Å². The minimum Gasteiger partial charge on any atom is -0.462 e. The highest BCUT2D eigenvalue weighted by Crippen LogP contribution is 2.38. The SMILES string of the molecule is CCOC(=O)c1cn([C@H](CO[Si](C)(C)C(C)(C)C)C(C)C)c2cc(Cc3cccc(Cl)c3F)cnc2c1=O. The molecule has 0 saturated carbocycles. The van der Waals surface area contributed by atoms with Crippen LogP contribution in [0.1, 0.15) is 69.1 Å². The summed E-state index contributed by atoms with van der Waals surface area (Å²) in [7, 11) is -2.08. The molecule has 6 nitrogen and oxygen atoms in total. The van der Waals surface area contributed by atoms with Gasteiger partial charge >= 0.3 is 5.97 Å². The Bertz CT molecular complexity index is 1380. The predicted octanol–water partition coefficient (Wildman–Crippen LogP) is 7.18. The Labute approximate surface area is 230 Å². The smallest absolute Gasteiger partial charge is 0.343 e. The molecule has 38 heavy (non-hydrogen) atoms. The van der Waals surface area contributed by atoms with E-state index < -0.39 is 25.5 Å². The van der Waals surface area contributed by atoms with Crippen LogP contribution in [0.2, 0.25) is 23.2 Å². The Hall–Kier alpha value is -2.55. The molecule has 0 fully saturated rings. The van der Waals surface area contributed by atoms with Crippen LogP contribution in [0.3, 0.4) is 0 Å². The number of fused-ring (bicyclic) bond motifs is 1. The summed E-state index contributed by atoms with van der Waals surface area (Å²) in [5.41, 5.74) is 1.28. The Morgan fingerprint density at radius 3 is 2.53 bits per heavy atom. The van der Waals surface area contributed by atoms with Gasteiger partial charge in [0.15, 0.2) is 8.32 Å². The molecule has 206 valence electrons. The second-order valence-electron chi connectivity index (χ2n) is 11.5. The number of carbonyl (C=O) groups excluding carboxylic acids is 1. The standard InChI is InChI=1S/C29H38ClFN2O4Si/c1-9-36-28(35)21-16-33(24(18(2)3)17-37-38(7,8)29(4,5)6)23-14-19(15-32-26(23)27(21)34)13-20-11-10-12-22(30)25(20)31/h10-12,14-16,18,24H,9,13,17H2,1-8H3/t24-/m1/s1. The second-order valence-corrected chi connectivity index (χ2v) is 16.7. The zero-order valence-corrected chi connectivity index (χ0v) is 25.3. The van der Waals surface area contributed by atoms with Crippen molar-refractivity contribution in [1.82, 2.24) is 9.55 Å². The summed E-state index contributed by atoms with van der Waals surface area (Å²) in [5, 5.41) is 0.0706. The number of rotatable bonds is 9. The van der Waals surface area contributed by atoms with Crippen LogP contribution in [-0.2, 0) is 15.6 Å². The number of hydrogen-bond acceptors (Lipinski definition) is 5. The van der Waals surface area contributed by atoms with Gasteiger partial charge in [0, 0.05) is 18.8 Å². The average molecular weight is 561 g/mol. The van der Waals surface area contributed by atoms with Crippen LogP contribution in [0.15, 0.2) is 41.5 Å². The minimum absolute atomic E-state index is 0.0198. The number of aromatic nitrogens is 2. The topological polar surface area (TPSA) is 70.4 Å². The van der Waals surface area contributed by atoms with Gasteiger partial charge in [-0.25, -0.2) is 9.18 Å². The predicted molar refractivity (Wildman–Crippen MR) is 153 cm³/mol. The molecule has 0 amide bonds. The molecule has 2 heterocycles. The van der Waals surface area contributed by atoms with E-state index >= 15 is 0 Å². The molecular weight excluding hydrogens is 523 g/mol. The first kappa shape index (κ1) is 30.0. The van der Waals surface area contributed by atoms with E-state index in [1.54, 1.807) is 31.5 Å². The van der Waals surface area contributed by atoms with E-state index in [4.69, 9.17) is 20.8 Å². The minimum atomic E-state index is -2.08. The van der Waals surface area contributed by atoms with Gasteiger partial charge < -0.3 is 13.7 Å². The third-order valence-electron chi connectivity index (χ3n) is 7.40. The van der Waals surface area contributed by atoms with Gasteiger partial charge in [0.25, 0.3) is 0 Å². The number of carbonyl (C=O) groups is 1. The number of ether oxygens (including phenoxy) is 1. The maximum absolute atomic E-state index is 14.6. The van der Waals surface area contributed by atoms with Crippen LogP contribution in [0.4, 0.5) is 4.39 Å². The number of pyridine rings is 2. The van der Waals surface area contributed by atoms with Crippen molar-refractivity contribution in [3.05, 3.63) is 74.4 Å². The molecule has 0 aliphatic carbocycles. The van der Waals surface area contributed by atoms with Crippen LogP contribution in [0.25, 0.3) is 11.0 Å². The van der Waals surface area contributed by atoms with Crippen molar-refractivity contribution in [1.29, 1.82) is 0 Å². The lowest BCUT2D eigenvalue weighted by atomic mass is 10.0. The molecule has 0 bridgehead atoms. The fraction of sp³-hybridized carbons (Fsp3) is 0.483. The molecule has 0 spiro atoms. The van der Waals surface area contributed by atoms with Crippen molar-refractivity contribution in [2.75, 3.05) is 13.2 Å². The summed E-state index contributed by atoms with van der Waals surface area (Å²) in [4.78, 5) is 30.5. The van der Waals surface area contributed by atoms with Crippen molar-refractivity contribution in [2.45, 2.75) is 72.1 Å². The third-order valence-corrected chi connectivity index (χ3v) is 12.2. The Morgan fingerprint density at radius 2 is 1.92 bits per heavy atom. The van der Waals surface area contributed by atoms with E-state index in [1.807, 2.05) is 10.6 Å². The molecule has 0 unspecified atom stereocenters. The van der Waals surface area contributed by atoms with Crippen molar-refractivity contribution in [3.63, 3.8) is 0 Å². The lowest BCUT2D eigenvalue weighted by molar-refractivity contribution is 0.0523. The van der Waals surface area contributed by atoms with Gasteiger partial charge in [-0.15, -0.1) is 0 Å². The second kappa shape index (κ2) is 11.7. The summed E-state index contributed by atoms with van der Waals surface area (Å²) in [6, 6.07) is 6.51. The molecule has 1 atom stereocenters. The number of esters is 1. The fourth-order valence-corrected chi connectivity index (χ4v) is 5.21. The Kier molecular flexibility index (Phi) is 9.22. The zero-order valence-electron chi connectivity index (χ0n) is 23.5. The number of hydrogen-bond donors (Lipinski definition) is 0. The van der Waals surface area contributed by atoms with Gasteiger partial charge in [-0.1, -0.05) is 58.4 Å². The van der Waals surface area contributed by atoms with E-state index in [1.165, 1.54) is 6.07 Å². The van der Waals surface area contributed by atoms with Crippen molar-refractivity contribution < 1.29 is 18.3 Å². The van der Waals surface area contributed by atoms with Gasteiger partial charge in [-0.2, -0.15) is 0 Å². The molecule has 0 radical (unpaired) electrons. The molecule has 0 N–H and O–H groups in total. The maximum Gasteiger partial charge on any atom is 0.343 e. The Morgan fingerprint density at radius 1 is 1.24 bits per heavy atom. The maximum atomic E-state index is 14.6. The van der Waals surface area contributed by atoms with Crippen LogP contribution in [0, 0.1) is 11.7 Å². The van der Waals surface area contributed by atoms with Gasteiger partial charge in [0.1, 0.15) is 16.9 Å². The normalized spacial score (nSPS) is 13.2. The highest BCUT2D eigenvalue weighted by molar-refractivity contribution is 6.74. The van der Waals surface area contributed by atoms with Crippen LogP contribution >= 0.6 is 11.6 Å². The van der Waals surface area contributed by atoms with E-state index in [0.717, 1.165) is 0 Å². The van der Waals surface area contributed by atoms with Crippen LogP contribution in [0.5, 0.6) is 0 Å². The van der Waals surface area contributed by atoms with E-state index in [-0.39, 0.29) is 46.1 Å². The molecule has 1 aromatic carbocycles. The van der Waals surface area contributed by atoms with Crippen molar-refractivity contribution >= 4 is 36.9 Å². The van der Waals surface area contributed by atoms with Gasteiger partial charge in [-0.05, 0) is 54.2 Å². The molecule has 3 aromatic rings. The summed E-state index contributed by atoms with van der Waals surface area (Å²) in [6.07, 6.45) is 3.35. The van der Waals surface area contributed by atoms with Gasteiger partial charge in [0.2, 0.25) is 5.43 Å². The van der Waals surface area contributed by atoms with E-state index in [2.05, 4.69) is 52.7 Å². The van der Waals surface area contributed by atoms with Crippen LogP contribution < -0.4 is 5.43 Å². The average Bonchev–Trinajstić information content (AvgIpc) is 2.82. The monoisotopic (exact) mass is 560 g/mol. The summed E-state index contributed by atoms with van der Waals surface area (Å²) in [6.45, 7) is 17.3. The third kappa shape index (κ3) is 6.35. The molecule has 0 aliphatic heterocycles. The summed E-state index contributed by atoms with van der Waals surface area (Å²) >= 11 is 5.98. The molecule has 2 aromatic heterocycles. The first-order valence-electron chi connectivity index (χ1n) is 13.0. The highest BCUT2D eigenvalue weighted by atomic mass is 35.5. The van der Waals surface area contributed by atoms with Gasteiger partial charge in [-0.3, -0.25) is 9.78 Å². The van der Waals surface area contributed by atoms with Crippen LogP contribution in [-0.4, -0.2) is 37.1 Å².